The van der Waals surface area contributed by atoms with Crippen LogP contribution in [0.5, 0.6) is 5.75 Å². The normalized spacial score (nSPS) is 11.4. The van der Waals surface area contributed by atoms with E-state index in [1.807, 2.05) is 37.2 Å². The molecule has 2 aromatic rings. The quantitative estimate of drug-likeness (QED) is 0.796. The van der Waals surface area contributed by atoms with Crippen molar-refractivity contribution in [2.45, 2.75) is 19.4 Å². The maximum atomic E-state index is 12.4. The van der Waals surface area contributed by atoms with E-state index in [2.05, 4.69) is 15.6 Å². The minimum Gasteiger partial charge on any atom is -0.497 e. The summed E-state index contributed by atoms with van der Waals surface area (Å²) in [5.41, 5.74) is 1.44. The lowest BCUT2D eigenvalue weighted by molar-refractivity contribution is -0.120. The van der Waals surface area contributed by atoms with Crippen molar-refractivity contribution in [3.8, 4) is 5.75 Å². The van der Waals surface area contributed by atoms with Crippen LogP contribution in [0.2, 0.25) is 0 Å². The lowest BCUT2D eigenvalue weighted by Crippen LogP contribution is -2.29. The zero-order chi connectivity index (χ0) is 19.1. The van der Waals surface area contributed by atoms with Gasteiger partial charge in [0.15, 0.2) is 0 Å². The second-order valence-electron chi connectivity index (χ2n) is 6.08. The van der Waals surface area contributed by atoms with Gasteiger partial charge in [0, 0.05) is 21.0 Å². The summed E-state index contributed by atoms with van der Waals surface area (Å²) in [5.74, 6) is 1.11. The average molecular weight is 356 g/mol. The molecule has 7 heteroatoms. The van der Waals surface area contributed by atoms with Crippen LogP contribution in [0.25, 0.3) is 0 Å². The first kappa shape index (κ1) is 19.2. The lowest BCUT2D eigenvalue weighted by Gasteiger charge is -2.18. The molecular formula is C19H24N4O3. The fourth-order valence-corrected chi connectivity index (χ4v) is 2.46. The number of pyridine rings is 1. The second kappa shape index (κ2) is 8.84. The zero-order valence-corrected chi connectivity index (χ0v) is 15.4. The van der Waals surface area contributed by atoms with E-state index in [0.717, 1.165) is 11.4 Å². The fraction of sp³-hybridized carbons (Fsp3) is 0.316. The predicted octanol–water partition coefficient (Wildman–Crippen LogP) is 2.36. The number of hydrogen-bond acceptors (Lipinski definition) is 5. The van der Waals surface area contributed by atoms with Crippen molar-refractivity contribution in [1.82, 2.24) is 10.3 Å². The number of ether oxygens (including phenoxy) is 1. The molecule has 2 amide bonds. The summed E-state index contributed by atoms with van der Waals surface area (Å²) in [6.07, 6.45) is 1.72. The number of aromatic nitrogens is 1. The molecule has 0 saturated heterocycles. The molecule has 0 fully saturated rings. The summed E-state index contributed by atoms with van der Waals surface area (Å²) in [4.78, 5) is 30.0. The van der Waals surface area contributed by atoms with Gasteiger partial charge in [-0.25, -0.2) is 4.98 Å². The van der Waals surface area contributed by atoms with Gasteiger partial charge >= 0.3 is 0 Å². The Kier molecular flexibility index (Phi) is 6.54. The first-order valence-electron chi connectivity index (χ1n) is 8.23. The Morgan fingerprint density at radius 3 is 2.35 bits per heavy atom. The van der Waals surface area contributed by atoms with Gasteiger partial charge in [-0.3, -0.25) is 9.59 Å². The monoisotopic (exact) mass is 356 g/mol. The predicted molar refractivity (Wildman–Crippen MR) is 101 cm³/mol. The third-order valence-corrected chi connectivity index (χ3v) is 3.78. The highest BCUT2D eigenvalue weighted by Crippen LogP contribution is 2.21. The number of anilines is 2. The molecule has 0 bridgehead atoms. The summed E-state index contributed by atoms with van der Waals surface area (Å²) in [5, 5.41) is 5.62. The van der Waals surface area contributed by atoms with Crippen LogP contribution in [0.4, 0.5) is 11.5 Å². The van der Waals surface area contributed by atoms with Crippen molar-refractivity contribution < 1.29 is 14.3 Å². The third-order valence-electron chi connectivity index (χ3n) is 3.78. The number of carbonyl (C=O) groups is 2. The molecule has 0 aliphatic heterocycles. The number of nitrogens with one attached hydrogen (secondary N) is 2. The highest BCUT2D eigenvalue weighted by atomic mass is 16.5. The molecule has 2 N–H and O–H groups in total. The Bertz CT molecular complexity index is 742. The van der Waals surface area contributed by atoms with Crippen molar-refractivity contribution in [3.05, 3.63) is 48.2 Å². The Labute approximate surface area is 153 Å². The van der Waals surface area contributed by atoms with Crippen molar-refractivity contribution in [3.63, 3.8) is 0 Å². The first-order valence-corrected chi connectivity index (χ1v) is 8.23. The maximum Gasteiger partial charge on any atom is 0.226 e. The van der Waals surface area contributed by atoms with Crippen LogP contribution < -0.4 is 20.3 Å². The van der Waals surface area contributed by atoms with E-state index in [0.29, 0.717) is 11.4 Å². The van der Waals surface area contributed by atoms with Crippen LogP contribution in [-0.4, -0.2) is 38.0 Å². The van der Waals surface area contributed by atoms with Crippen molar-refractivity contribution in [2.24, 2.45) is 0 Å². The summed E-state index contributed by atoms with van der Waals surface area (Å²) in [6, 6.07) is 10.5. The van der Waals surface area contributed by atoms with Gasteiger partial charge in [-0.2, -0.15) is 0 Å². The summed E-state index contributed by atoms with van der Waals surface area (Å²) in [7, 11) is 5.38. The van der Waals surface area contributed by atoms with Crippen LogP contribution in [0.1, 0.15) is 24.9 Å². The van der Waals surface area contributed by atoms with Crippen LogP contribution >= 0.6 is 0 Å². The van der Waals surface area contributed by atoms with Crippen molar-refractivity contribution in [1.29, 1.82) is 0 Å². The number of nitrogens with zero attached hydrogens (tertiary/aromatic N) is 2. The molecule has 0 radical (unpaired) electrons. The minimum atomic E-state index is -0.424. The number of carbonyl (C=O) groups excluding carboxylic acids is 2. The molecule has 1 heterocycles. The highest BCUT2D eigenvalue weighted by Gasteiger charge is 2.17. The Hall–Kier alpha value is -3.09. The van der Waals surface area contributed by atoms with Gasteiger partial charge in [-0.1, -0.05) is 12.1 Å². The average Bonchev–Trinajstić information content (AvgIpc) is 2.61. The van der Waals surface area contributed by atoms with Crippen LogP contribution in [0, 0.1) is 0 Å². The topological polar surface area (TPSA) is 83.6 Å². The molecule has 2 rings (SSSR count). The van der Waals surface area contributed by atoms with Gasteiger partial charge in [0.2, 0.25) is 11.8 Å². The van der Waals surface area contributed by atoms with E-state index in [-0.39, 0.29) is 18.2 Å². The molecule has 1 aromatic carbocycles. The largest absolute Gasteiger partial charge is 0.497 e. The molecule has 0 aliphatic rings. The number of methoxy groups -OCH3 is 1. The van der Waals surface area contributed by atoms with Crippen LogP contribution in [-0.2, 0) is 9.59 Å². The molecule has 0 spiro atoms. The minimum absolute atomic E-state index is 0.112. The SMILES string of the molecule is COc1ccc([C@H](CC(=O)Nc2ccc(N(C)C)nc2)NC(C)=O)cc1. The number of amides is 2. The molecule has 1 aromatic heterocycles. The zero-order valence-electron chi connectivity index (χ0n) is 15.4. The summed E-state index contributed by atoms with van der Waals surface area (Å²) < 4.78 is 5.14. The third kappa shape index (κ3) is 5.47. The number of benzene rings is 1. The van der Waals surface area contributed by atoms with E-state index in [1.165, 1.54) is 6.92 Å². The van der Waals surface area contributed by atoms with Gasteiger partial charge in [-0.05, 0) is 29.8 Å². The van der Waals surface area contributed by atoms with Crippen LogP contribution in [0.3, 0.4) is 0 Å². The van der Waals surface area contributed by atoms with Crippen molar-refractivity contribution in [2.75, 3.05) is 31.4 Å². The van der Waals surface area contributed by atoms with Gasteiger partial charge in [-0.15, -0.1) is 0 Å². The molecule has 0 aliphatic carbocycles. The Balaban J connectivity index is 2.06. The molecular weight excluding hydrogens is 332 g/mol. The lowest BCUT2D eigenvalue weighted by atomic mass is 10.0. The summed E-state index contributed by atoms with van der Waals surface area (Å²) in [6.45, 7) is 1.43. The van der Waals surface area contributed by atoms with Gasteiger partial charge < -0.3 is 20.3 Å². The van der Waals surface area contributed by atoms with Crippen LogP contribution in [0.15, 0.2) is 42.6 Å². The van der Waals surface area contributed by atoms with E-state index >= 15 is 0 Å². The Morgan fingerprint density at radius 1 is 1.15 bits per heavy atom. The second-order valence-corrected chi connectivity index (χ2v) is 6.08. The highest BCUT2D eigenvalue weighted by molar-refractivity contribution is 5.91. The van der Waals surface area contributed by atoms with Crippen molar-refractivity contribution >= 4 is 23.3 Å². The van der Waals surface area contributed by atoms with Gasteiger partial charge in [0.25, 0.3) is 0 Å². The number of hydrogen-bond donors (Lipinski definition) is 2. The van der Waals surface area contributed by atoms with E-state index in [9.17, 15) is 9.59 Å². The van der Waals surface area contributed by atoms with E-state index in [4.69, 9.17) is 4.74 Å². The number of rotatable bonds is 7. The molecule has 138 valence electrons. The molecule has 0 unspecified atom stereocenters. The molecule has 1 atom stereocenters. The maximum absolute atomic E-state index is 12.4. The molecule has 26 heavy (non-hydrogen) atoms. The smallest absolute Gasteiger partial charge is 0.226 e. The molecule has 7 nitrogen and oxygen atoms in total. The Morgan fingerprint density at radius 2 is 1.85 bits per heavy atom. The standard InChI is InChI=1S/C19H24N4O3/c1-13(24)21-17(14-5-8-16(26-4)9-6-14)11-19(25)22-15-7-10-18(20-12-15)23(2)3/h5-10,12,17H,11H2,1-4H3,(H,21,24)(H,22,25)/t17-/m0/s1. The van der Waals surface area contributed by atoms with Gasteiger partial charge in [0.1, 0.15) is 11.6 Å². The first-order chi connectivity index (χ1) is 12.4. The van der Waals surface area contributed by atoms with E-state index in [1.54, 1.807) is 31.5 Å². The summed E-state index contributed by atoms with van der Waals surface area (Å²) >= 11 is 0. The van der Waals surface area contributed by atoms with Gasteiger partial charge in [0.05, 0.1) is 31.5 Å². The molecule has 0 saturated carbocycles. The van der Waals surface area contributed by atoms with E-state index < -0.39 is 6.04 Å². The fourth-order valence-electron chi connectivity index (χ4n) is 2.46.